The van der Waals surface area contributed by atoms with Gasteiger partial charge in [-0.25, -0.2) is 9.97 Å². The predicted molar refractivity (Wildman–Crippen MR) is 143 cm³/mol. The minimum atomic E-state index is -0.691. The summed E-state index contributed by atoms with van der Waals surface area (Å²) in [6.45, 7) is 5.88. The minimum Gasteiger partial charge on any atom is -0.427 e. The molecule has 1 atom stereocenters. The van der Waals surface area contributed by atoms with E-state index in [-0.39, 0.29) is 11.9 Å². The standard InChI is InChI=1S/C27H30N6O4S/c1-19(34)36-23-8-4-21(5-9-23)16-33(17-22-6-10-24(11-7-22)37-20(2)35)27(3,28)13-12-25-30-26(31-38-25)32-15-14-29-18-32/h4-11,14-15,18H,12-13,16-17,28H2,1-3H3. The lowest BCUT2D eigenvalue weighted by Crippen LogP contribution is -2.53. The molecule has 0 spiro atoms. The molecule has 2 aromatic carbocycles. The summed E-state index contributed by atoms with van der Waals surface area (Å²) >= 11 is 1.35. The highest BCUT2D eigenvalue weighted by atomic mass is 32.1. The van der Waals surface area contributed by atoms with Crippen LogP contribution in [0.25, 0.3) is 5.95 Å². The van der Waals surface area contributed by atoms with Gasteiger partial charge in [-0.05, 0) is 60.3 Å². The smallest absolute Gasteiger partial charge is 0.308 e. The Balaban J connectivity index is 1.50. The lowest BCUT2D eigenvalue weighted by molar-refractivity contribution is -0.132. The fraction of sp³-hybridized carbons (Fsp3) is 0.296. The molecule has 0 aliphatic carbocycles. The van der Waals surface area contributed by atoms with Crippen LogP contribution in [0.3, 0.4) is 0 Å². The molecule has 2 N–H and O–H groups in total. The topological polar surface area (TPSA) is 125 Å². The summed E-state index contributed by atoms with van der Waals surface area (Å²) in [7, 11) is 0. The first-order chi connectivity index (χ1) is 18.2. The van der Waals surface area contributed by atoms with Crippen molar-refractivity contribution in [1.29, 1.82) is 0 Å². The minimum absolute atomic E-state index is 0.362. The number of hydrogen-bond acceptors (Lipinski definition) is 10. The van der Waals surface area contributed by atoms with Crippen molar-refractivity contribution in [1.82, 2.24) is 23.8 Å². The molecule has 0 bridgehead atoms. The zero-order valence-electron chi connectivity index (χ0n) is 21.5. The van der Waals surface area contributed by atoms with Crippen molar-refractivity contribution in [3.8, 4) is 17.4 Å². The van der Waals surface area contributed by atoms with E-state index in [1.807, 2.05) is 31.2 Å². The molecule has 0 fully saturated rings. The first-order valence-corrected chi connectivity index (χ1v) is 12.8. The highest BCUT2D eigenvalue weighted by Gasteiger charge is 2.28. The van der Waals surface area contributed by atoms with Crippen LogP contribution >= 0.6 is 11.5 Å². The zero-order chi connectivity index (χ0) is 27.1. The molecule has 4 aromatic rings. The Kier molecular flexibility index (Phi) is 8.62. The quantitative estimate of drug-likeness (QED) is 0.173. The largest absolute Gasteiger partial charge is 0.427 e. The summed E-state index contributed by atoms with van der Waals surface area (Å²) in [5.74, 6) is 0.862. The average molecular weight is 535 g/mol. The molecule has 0 aliphatic rings. The number of carbonyl (C=O) groups excluding carboxylic acids is 2. The highest BCUT2D eigenvalue weighted by molar-refractivity contribution is 7.05. The van der Waals surface area contributed by atoms with Crippen LogP contribution in [0.4, 0.5) is 0 Å². The number of nitrogens with two attached hydrogens (primary N) is 1. The van der Waals surface area contributed by atoms with Crippen LogP contribution in [0.1, 0.15) is 43.3 Å². The summed E-state index contributed by atoms with van der Waals surface area (Å²) in [5, 5.41) is 0.891. The van der Waals surface area contributed by atoms with Crippen LogP contribution in [0.2, 0.25) is 0 Å². The van der Waals surface area contributed by atoms with Crippen molar-refractivity contribution >= 4 is 23.5 Å². The van der Waals surface area contributed by atoms with Crippen LogP contribution in [-0.4, -0.2) is 41.4 Å². The van der Waals surface area contributed by atoms with E-state index in [0.29, 0.717) is 43.4 Å². The third-order valence-corrected chi connectivity index (χ3v) is 6.64. The molecule has 11 heteroatoms. The van der Waals surface area contributed by atoms with Crippen molar-refractivity contribution in [2.75, 3.05) is 0 Å². The summed E-state index contributed by atoms with van der Waals surface area (Å²) in [6.07, 6.45) is 6.46. The van der Waals surface area contributed by atoms with E-state index >= 15 is 0 Å². The first-order valence-electron chi connectivity index (χ1n) is 12.1. The number of esters is 2. The molecule has 2 aromatic heterocycles. The van der Waals surface area contributed by atoms with Crippen molar-refractivity contribution in [3.63, 3.8) is 0 Å². The molecular formula is C27H30N6O4S. The number of benzene rings is 2. The Hall–Kier alpha value is -3.93. The number of nitrogens with zero attached hydrogens (tertiary/aromatic N) is 5. The molecular weight excluding hydrogens is 504 g/mol. The normalized spacial score (nSPS) is 12.8. The van der Waals surface area contributed by atoms with Crippen molar-refractivity contribution in [2.45, 2.75) is 52.4 Å². The van der Waals surface area contributed by atoms with Gasteiger partial charge in [-0.1, -0.05) is 24.3 Å². The molecule has 0 radical (unpaired) electrons. The van der Waals surface area contributed by atoms with Gasteiger partial charge in [0.05, 0.1) is 5.66 Å². The summed E-state index contributed by atoms with van der Waals surface area (Å²) in [6, 6.07) is 14.8. The van der Waals surface area contributed by atoms with E-state index in [0.717, 1.165) is 16.1 Å². The number of hydrogen-bond donors (Lipinski definition) is 1. The molecule has 10 nitrogen and oxygen atoms in total. The van der Waals surface area contributed by atoms with E-state index in [4.69, 9.17) is 15.2 Å². The van der Waals surface area contributed by atoms with Crippen molar-refractivity contribution in [2.24, 2.45) is 5.73 Å². The van der Waals surface area contributed by atoms with Gasteiger partial charge in [0.1, 0.15) is 22.8 Å². The summed E-state index contributed by atoms with van der Waals surface area (Å²) in [5.41, 5.74) is 8.28. The van der Waals surface area contributed by atoms with E-state index in [1.54, 1.807) is 47.6 Å². The monoisotopic (exact) mass is 534 g/mol. The molecule has 38 heavy (non-hydrogen) atoms. The maximum atomic E-state index is 11.3. The maximum Gasteiger partial charge on any atom is 0.308 e. The van der Waals surface area contributed by atoms with Gasteiger partial charge in [0.2, 0.25) is 5.95 Å². The van der Waals surface area contributed by atoms with Crippen LogP contribution in [-0.2, 0) is 29.1 Å². The number of imidazole rings is 1. The zero-order valence-corrected chi connectivity index (χ0v) is 22.4. The van der Waals surface area contributed by atoms with E-state index in [2.05, 4.69) is 19.2 Å². The van der Waals surface area contributed by atoms with E-state index < -0.39 is 5.66 Å². The maximum absolute atomic E-state index is 11.3. The molecule has 0 saturated carbocycles. The lowest BCUT2D eigenvalue weighted by atomic mass is 10.0. The van der Waals surface area contributed by atoms with E-state index in [1.165, 1.54) is 25.4 Å². The molecule has 198 valence electrons. The van der Waals surface area contributed by atoms with E-state index in [9.17, 15) is 9.59 Å². The molecule has 0 saturated heterocycles. The second kappa shape index (κ2) is 12.1. The van der Waals surface area contributed by atoms with Gasteiger partial charge in [0.25, 0.3) is 0 Å². The Labute approximate surface area is 225 Å². The first kappa shape index (κ1) is 27.1. The number of aromatic nitrogens is 4. The van der Waals surface area contributed by atoms with Crippen molar-refractivity contribution < 1.29 is 19.1 Å². The third-order valence-electron chi connectivity index (χ3n) is 5.88. The van der Waals surface area contributed by atoms with Gasteiger partial charge in [-0.15, -0.1) is 0 Å². The number of carbonyl (C=O) groups is 2. The Morgan fingerprint density at radius 2 is 1.53 bits per heavy atom. The number of aryl methyl sites for hydroxylation is 1. The predicted octanol–water partition coefficient (Wildman–Crippen LogP) is 3.88. The molecule has 0 amide bonds. The molecule has 2 heterocycles. The summed E-state index contributed by atoms with van der Waals surface area (Å²) in [4.78, 5) is 33.4. The van der Waals surface area contributed by atoms with Crippen LogP contribution in [0, 0.1) is 0 Å². The van der Waals surface area contributed by atoms with Gasteiger partial charge < -0.3 is 15.2 Å². The molecule has 1 unspecified atom stereocenters. The highest BCUT2D eigenvalue weighted by Crippen LogP contribution is 2.25. The third kappa shape index (κ3) is 7.54. The molecule has 4 rings (SSSR count). The Morgan fingerprint density at radius 3 is 2.00 bits per heavy atom. The fourth-order valence-corrected chi connectivity index (χ4v) is 4.50. The van der Waals surface area contributed by atoms with Gasteiger partial charge in [0.15, 0.2) is 0 Å². The molecule has 0 aliphatic heterocycles. The van der Waals surface area contributed by atoms with Crippen LogP contribution in [0.15, 0.2) is 67.3 Å². The van der Waals surface area contributed by atoms with Gasteiger partial charge in [-0.2, -0.15) is 4.37 Å². The van der Waals surface area contributed by atoms with Crippen LogP contribution in [0.5, 0.6) is 11.5 Å². The Morgan fingerprint density at radius 1 is 0.974 bits per heavy atom. The lowest BCUT2D eigenvalue weighted by Gasteiger charge is -2.38. The van der Waals surface area contributed by atoms with Gasteiger partial charge in [-0.3, -0.25) is 19.1 Å². The average Bonchev–Trinajstić information content (AvgIpc) is 3.56. The number of ether oxygens (including phenoxy) is 2. The van der Waals surface area contributed by atoms with Gasteiger partial charge >= 0.3 is 11.9 Å². The SMILES string of the molecule is CC(=O)Oc1ccc(CN(Cc2ccc(OC(C)=O)cc2)C(C)(N)CCc2nc(-n3ccnc3)ns2)cc1. The van der Waals surface area contributed by atoms with Crippen LogP contribution < -0.4 is 15.2 Å². The summed E-state index contributed by atoms with van der Waals surface area (Å²) < 4.78 is 16.5. The Bertz CT molecular complexity index is 1290. The second-order valence-corrected chi connectivity index (χ2v) is 9.98. The van der Waals surface area contributed by atoms with Crippen molar-refractivity contribution in [3.05, 3.63) is 83.4 Å². The second-order valence-electron chi connectivity index (χ2n) is 9.15. The fourth-order valence-electron chi connectivity index (χ4n) is 3.86. The number of rotatable bonds is 11. The van der Waals surface area contributed by atoms with Gasteiger partial charge in [0, 0.05) is 45.8 Å².